The summed E-state index contributed by atoms with van der Waals surface area (Å²) < 4.78 is 0. The molecule has 5 heteroatoms. The van der Waals surface area contributed by atoms with Gasteiger partial charge in [-0.2, -0.15) is 5.10 Å². The first-order valence-corrected chi connectivity index (χ1v) is 8.43. The van der Waals surface area contributed by atoms with Crippen LogP contribution in [0.15, 0.2) is 30.6 Å². The SMILES string of the molecule is Cc1cc(C2CCCN(C(=O)C3CC3c3cccnc3)C2)n[nH]1. The number of rotatable bonds is 3. The first-order valence-electron chi connectivity index (χ1n) is 8.43. The van der Waals surface area contributed by atoms with Gasteiger partial charge in [0.1, 0.15) is 0 Å². The Labute approximate surface area is 136 Å². The minimum atomic E-state index is 0.152. The Bertz CT molecular complexity index is 696. The van der Waals surface area contributed by atoms with Crippen molar-refractivity contribution in [1.82, 2.24) is 20.1 Å². The number of hydrogen-bond donors (Lipinski definition) is 1. The zero-order valence-electron chi connectivity index (χ0n) is 13.4. The first-order chi connectivity index (χ1) is 11.2. The van der Waals surface area contributed by atoms with E-state index in [0.717, 1.165) is 43.7 Å². The molecule has 1 saturated heterocycles. The Hall–Kier alpha value is -2.17. The van der Waals surface area contributed by atoms with Crippen molar-refractivity contribution in [3.63, 3.8) is 0 Å². The van der Waals surface area contributed by atoms with Gasteiger partial charge in [0.15, 0.2) is 0 Å². The van der Waals surface area contributed by atoms with E-state index >= 15 is 0 Å². The molecule has 0 aromatic carbocycles. The molecule has 1 amide bonds. The minimum absolute atomic E-state index is 0.152. The molecular weight excluding hydrogens is 288 g/mol. The third kappa shape index (κ3) is 2.87. The molecule has 2 fully saturated rings. The van der Waals surface area contributed by atoms with E-state index < -0.39 is 0 Å². The molecule has 0 radical (unpaired) electrons. The smallest absolute Gasteiger partial charge is 0.226 e. The highest BCUT2D eigenvalue weighted by molar-refractivity contribution is 5.83. The van der Waals surface area contributed by atoms with Gasteiger partial charge in [0.25, 0.3) is 0 Å². The number of H-pyrrole nitrogens is 1. The van der Waals surface area contributed by atoms with Gasteiger partial charge in [0.05, 0.1) is 5.69 Å². The van der Waals surface area contributed by atoms with E-state index in [1.807, 2.05) is 19.2 Å². The van der Waals surface area contributed by atoms with E-state index in [0.29, 0.717) is 17.7 Å². The van der Waals surface area contributed by atoms with Crippen LogP contribution in [0.3, 0.4) is 0 Å². The summed E-state index contributed by atoms with van der Waals surface area (Å²) >= 11 is 0. The Morgan fingerprint density at radius 1 is 1.43 bits per heavy atom. The summed E-state index contributed by atoms with van der Waals surface area (Å²) in [5.74, 6) is 1.20. The molecule has 2 aromatic heterocycles. The maximum Gasteiger partial charge on any atom is 0.226 e. The lowest BCUT2D eigenvalue weighted by Gasteiger charge is -2.32. The second-order valence-corrected chi connectivity index (χ2v) is 6.83. The molecule has 3 atom stereocenters. The highest BCUT2D eigenvalue weighted by Crippen LogP contribution is 2.48. The van der Waals surface area contributed by atoms with Crippen LogP contribution in [0.4, 0.5) is 0 Å². The summed E-state index contributed by atoms with van der Waals surface area (Å²) in [4.78, 5) is 19.0. The van der Waals surface area contributed by atoms with Crippen molar-refractivity contribution in [3.8, 4) is 0 Å². The molecule has 3 heterocycles. The highest BCUT2D eigenvalue weighted by atomic mass is 16.2. The fourth-order valence-electron chi connectivity index (χ4n) is 3.73. The lowest BCUT2D eigenvalue weighted by molar-refractivity contribution is -0.133. The molecular formula is C18H22N4O. The van der Waals surface area contributed by atoms with Crippen molar-refractivity contribution < 1.29 is 4.79 Å². The van der Waals surface area contributed by atoms with Crippen LogP contribution in [0, 0.1) is 12.8 Å². The number of nitrogens with zero attached hydrogens (tertiary/aromatic N) is 3. The number of nitrogens with one attached hydrogen (secondary N) is 1. The fraction of sp³-hybridized carbons (Fsp3) is 0.500. The molecule has 4 rings (SSSR count). The van der Waals surface area contributed by atoms with Gasteiger partial charge < -0.3 is 4.90 Å². The fourth-order valence-corrected chi connectivity index (χ4v) is 3.73. The van der Waals surface area contributed by atoms with E-state index in [1.54, 1.807) is 6.20 Å². The summed E-state index contributed by atoms with van der Waals surface area (Å²) in [7, 11) is 0. The average Bonchev–Trinajstić information content (AvgIpc) is 3.29. The Kier molecular flexibility index (Phi) is 3.63. The number of carbonyl (C=O) groups excluding carboxylic acids is 1. The van der Waals surface area contributed by atoms with Crippen LogP contribution < -0.4 is 0 Å². The largest absolute Gasteiger partial charge is 0.342 e. The van der Waals surface area contributed by atoms with E-state index in [9.17, 15) is 4.79 Å². The summed E-state index contributed by atoms with van der Waals surface area (Å²) in [5.41, 5.74) is 3.38. The molecule has 0 spiro atoms. The predicted octanol–water partition coefficient (Wildman–Crippen LogP) is 2.62. The number of piperidine rings is 1. The van der Waals surface area contributed by atoms with Crippen LogP contribution in [0.25, 0.3) is 0 Å². The maximum absolute atomic E-state index is 12.8. The second kappa shape index (κ2) is 5.80. The van der Waals surface area contributed by atoms with Crippen molar-refractivity contribution in [1.29, 1.82) is 0 Å². The number of amides is 1. The average molecular weight is 310 g/mol. The summed E-state index contributed by atoms with van der Waals surface area (Å²) in [6, 6.07) is 6.14. The minimum Gasteiger partial charge on any atom is -0.342 e. The van der Waals surface area contributed by atoms with Crippen molar-refractivity contribution in [3.05, 3.63) is 47.5 Å². The molecule has 23 heavy (non-hydrogen) atoms. The number of aromatic nitrogens is 3. The van der Waals surface area contributed by atoms with Gasteiger partial charge in [-0.25, -0.2) is 0 Å². The molecule has 2 aliphatic rings. The first kappa shape index (κ1) is 14.4. The second-order valence-electron chi connectivity index (χ2n) is 6.83. The number of likely N-dealkylation sites (tertiary alicyclic amines) is 1. The third-order valence-corrected chi connectivity index (χ3v) is 5.10. The van der Waals surface area contributed by atoms with Crippen LogP contribution in [0.1, 0.15) is 48.0 Å². The van der Waals surface area contributed by atoms with Crippen molar-refractivity contribution in [2.45, 2.75) is 38.0 Å². The quantitative estimate of drug-likeness (QED) is 0.948. The van der Waals surface area contributed by atoms with E-state index in [-0.39, 0.29) is 5.92 Å². The summed E-state index contributed by atoms with van der Waals surface area (Å²) in [6.07, 6.45) is 6.82. The molecule has 1 aliphatic carbocycles. The van der Waals surface area contributed by atoms with Gasteiger partial charge in [-0.05, 0) is 49.8 Å². The van der Waals surface area contributed by atoms with Crippen LogP contribution in [0.2, 0.25) is 0 Å². The summed E-state index contributed by atoms with van der Waals surface area (Å²) in [6.45, 7) is 3.71. The van der Waals surface area contributed by atoms with Crippen molar-refractivity contribution in [2.24, 2.45) is 5.92 Å². The van der Waals surface area contributed by atoms with E-state index in [1.165, 1.54) is 5.56 Å². The van der Waals surface area contributed by atoms with Gasteiger partial charge in [-0.15, -0.1) is 0 Å². The van der Waals surface area contributed by atoms with Crippen LogP contribution in [-0.2, 0) is 4.79 Å². The third-order valence-electron chi connectivity index (χ3n) is 5.10. The molecule has 3 unspecified atom stereocenters. The van der Waals surface area contributed by atoms with Gasteiger partial charge in [-0.1, -0.05) is 6.07 Å². The lowest BCUT2D eigenvalue weighted by Crippen LogP contribution is -2.40. The molecule has 0 bridgehead atoms. The van der Waals surface area contributed by atoms with Gasteiger partial charge in [0, 0.05) is 43.0 Å². The molecule has 1 aliphatic heterocycles. The van der Waals surface area contributed by atoms with E-state index in [2.05, 4.69) is 32.2 Å². The van der Waals surface area contributed by atoms with Gasteiger partial charge >= 0.3 is 0 Å². The standard InChI is InChI=1S/C18H22N4O/c1-12-8-17(21-20-12)14-5-3-7-22(11-14)18(23)16-9-15(16)13-4-2-6-19-10-13/h2,4,6,8,10,14-16H,3,5,7,9,11H2,1H3,(H,20,21). The number of pyridine rings is 1. The lowest BCUT2D eigenvalue weighted by atomic mass is 9.94. The molecule has 1 N–H and O–H groups in total. The number of aromatic amines is 1. The van der Waals surface area contributed by atoms with Crippen LogP contribution in [0.5, 0.6) is 0 Å². The van der Waals surface area contributed by atoms with Crippen LogP contribution in [-0.4, -0.2) is 39.1 Å². The van der Waals surface area contributed by atoms with Gasteiger partial charge in [0.2, 0.25) is 5.91 Å². The zero-order chi connectivity index (χ0) is 15.8. The molecule has 1 saturated carbocycles. The summed E-state index contributed by atoms with van der Waals surface area (Å²) in [5, 5.41) is 7.40. The number of aryl methyl sites for hydroxylation is 1. The molecule has 120 valence electrons. The Morgan fingerprint density at radius 3 is 3.09 bits per heavy atom. The van der Waals surface area contributed by atoms with E-state index in [4.69, 9.17) is 0 Å². The normalized spacial score (nSPS) is 27.0. The predicted molar refractivity (Wildman–Crippen MR) is 87.0 cm³/mol. The Morgan fingerprint density at radius 2 is 2.35 bits per heavy atom. The maximum atomic E-state index is 12.8. The number of hydrogen-bond acceptors (Lipinski definition) is 3. The van der Waals surface area contributed by atoms with Gasteiger partial charge in [-0.3, -0.25) is 14.9 Å². The van der Waals surface area contributed by atoms with Crippen molar-refractivity contribution in [2.75, 3.05) is 13.1 Å². The molecule has 5 nitrogen and oxygen atoms in total. The monoisotopic (exact) mass is 310 g/mol. The zero-order valence-corrected chi connectivity index (χ0v) is 13.4. The number of carbonyl (C=O) groups is 1. The van der Waals surface area contributed by atoms with Crippen molar-refractivity contribution >= 4 is 5.91 Å². The van der Waals surface area contributed by atoms with Crippen LogP contribution >= 0.6 is 0 Å². The topological polar surface area (TPSA) is 61.9 Å². The Balaban J connectivity index is 1.41. The molecule has 2 aromatic rings. The highest BCUT2D eigenvalue weighted by Gasteiger charge is 2.46.